The lowest BCUT2D eigenvalue weighted by molar-refractivity contribution is -0.342. The Balaban J connectivity index is 0.000000323. The normalized spacial score (nSPS) is 31.9. The fourth-order valence-corrected chi connectivity index (χ4v) is 28.0. The van der Waals surface area contributed by atoms with E-state index in [1.54, 1.807) is 32.1 Å². The Morgan fingerprint density at radius 2 is 0.503 bits per heavy atom. The zero-order valence-corrected chi connectivity index (χ0v) is 88.6. The lowest BCUT2D eigenvalue weighted by Gasteiger charge is -2.37. The number of dihydropyridines is 5. The van der Waals surface area contributed by atoms with Crippen molar-refractivity contribution in [1.82, 2.24) is 0 Å². The zero-order valence-electron chi connectivity index (χ0n) is 73.0. The van der Waals surface area contributed by atoms with Crippen LogP contribution in [0.4, 0.5) is 0 Å². The van der Waals surface area contributed by atoms with E-state index in [0.29, 0.717) is 37.4 Å². The number of aliphatic hydroxyl groups excluding tert-OH is 7. The highest BCUT2D eigenvalue weighted by Gasteiger charge is 2.47. The van der Waals surface area contributed by atoms with Crippen molar-refractivity contribution in [2.24, 2.45) is 83.2 Å². The van der Waals surface area contributed by atoms with Gasteiger partial charge in [0, 0.05) is 95.8 Å². The predicted molar refractivity (Wildman–Crippen MR) is 455 cm³/mol. The number of aliphatic imine (C=N–C) groups is 5. The summed E-state index contributed by atoms with van der Waals surface area (Å²) in [5, 5.41) is 69.2. The van der Waals surface area contributed by atoms with Crippen molar-refractivity contribution in [3.8, 4) is 0 Å². The van der Waals surface area contributed by atoms with E-state index >= 15 is 0 Å². The number of rotatable bonds is 41. The monoisotopic (exact) mass is 2520 g/mol. The molecule has 10 aliphatic rings. The Hall–Kier alpha value is -3.11. The van der Waals surface area contributed by atoms with Gasteiger partial charge in [-0.2, -0.15) is 0 Å². The van der Waals surface area contributed by atoms with Crippen molar-refractivity contribution in [1.29, 1.82) is 0 Å². The number of amidine groups is 5. The minimum absolute atomic E-state index is 0. The Kier molecular flexibility index (Phi) is 48.5. The largest absolute Gasteiger partial charge is 0.790 e. The predicted octanol–water partition coefficient (Wildman–Crippen LogP) is -11.7. The number of ether oxygens (including phenoxy) is 5. The first-order valence-corrected chi connectivity index (χ1v) is 61.8. The van der Waals surface area contributed by atoms with Gasteiger partial charge in [0.1, 0.15) is 53.9 Å². The smallest absolute Gasteiger partial charge is 0.278 e. The summed E-state index contributed by atoms with van der Waals surface area (Å²) in [5.41, 5.74) is 31.3. The van der Waals surface area contributed by atoms with Crippen LogP contribution in [0.15, 0.2) is 143 Å². The maximum atomic E-state index is 11.6. The summed E-state index contributed by atoms with van der Waals surface area (Å²) < 4.78 is 247. The quantitative estimate of drug-likeness (QED) is 0.0200. The van der Waals surface area contributed by atoms with Crippen LogP contribution in [0.3, 0.4) is 0 Å². The van der Waals surface area contributed by atoms with Crippen molar-refractivity contribution in [2.45, 2.75) is 145 Å². The molecule has 0 aliphatic carbocycles. The lowest BCUT2D eigenvalue weighted by atomic mass is 9.91. The summed E-state index contributed by atoms with van der Waals surface area (Å²) in [7, 11) is -89.2. The van der Waals surface area contributed by atoms with E-state index in [1.165, 1.54) is 12.2 Å². The zero-order chi connectivity index (χ0) is 112. The molecule has 0 spiro atoms. The van der Waals surface area contributed by atoms with Crippen LogP contribution >= 0.6 is 140 Å². The molecule has 0 aromatic heterocycles. The van der Waals surface area contributed by atoms with Crippen LogP contribution in [0, 0.1) is 29.6 Å². The van der Waals surface area contributed by atoms with Gasteiger partial charge >= 0.3 is 0 Å². The first-order valence-electron chi connectivity index (χ1n) is 38.8. The van der Waals surface area contributed by atoms with Gasteiger partial charge in [-0.1, -0.05) is 64.6 Å². The van der Waals surface area contributed by atoms with Gasteiger partial charge in [0.2, 0.25) is 0 Å². The minimum Gasteiger partial charge on any atom is -0.790 e. The molecule has 88 heteroatoms. The van der Waals surface area contributed by atoms with Crippen LogP contribution < -0.4 is 127 Å². The molecule has 0 aromatic rings. The van der Waals surface area contributed by atoms with E-state index in [2.05, 4.69) is 124 Å². The maximum absolute atomic E-state index is 11.6. The van der Waals surface area contributed by atoms with Crippen molar-refractivity contribution < 1.29 is 291 Å². The summed E-state index contributed by atoms with van der Waals surface area (Å²) in [6.07, 6.45) is -7.71. The number of hydrogen-bond acceptors (Lipinski definition) is 72. The van der Waals surface area contributed by atoms with Crippen LogP contribution in [0.5, 0.6) is 0 Å². The van der Waals surface area contributed by atoms with Crippen molar-refractivity contribution in [2.75, 3.05) is 39.6 Å². The van der Waals surface area contributed by atoms with E-state index in [-0.39, 0.29) is 85.9 Å². The Morgan fingerprint density at radius 3 is 0.721 bits per heavy atom. The molecule has 5 fully saturated rings. The van der Waals surface area contributed by atoms with Crippen LogP contribution in [-0.2, 0) is 158 Å². The van der Waals surface area contributed by atoms with E-state index in [9.17, 15) is 202 Å². The molecule has 5 saturated heterocycles. The molecule has 0 amide bonds. The second-order valence-electron chi connectivity index (χ2n) is 30.3. The highest BCUT2D eigenvalue weighted by Crippen LogP contribution is 2.66. The molecule has 0 aromatic carbocycles. The van der Waals surface area contributed by atoms with Crippen LogP contribution in [-0.4, -0.2) is 196 Å². The SMILES string of the molecule is C.C=C1N=C(N)C(C)=CC1C1CC(O)C(COP(=O)([O-])OP(=O)([O-])OP(=O)([O-])[O-])O1.C=C1N=C(N)C(C)=CC1C1CC(O)C(COP(=O)([O-])OP(=O)([O-])OP(=O)([O-])[O-])O1.C=C1N=C(N)C(CO)=CC1C1CC(O)C(COP(=O)([O-])OP(=O)([O-])OP(=O)([O-])[O-])O1.C=C1N=C(N)C(I)=CC1C1CC(O)C(COP(=O)([O-])OP(=O)([O-])OP(=O)([O-])[O-])O1.C=C1N=C(N)C(O)=CC1C1CC(O)C(COP(=O)([O-])OP(=O)([O-])OP(=O)([O-])[O-])O1. The molecule has 844 valence electrons. The average molecular weight is 2520 g/mol. The van der Waals surface area contributed by atoms with Gasteiger partial charge in [0.05, 0.1) is 143 Å². The summed E-state index contributed by atoms with van der Waals surface area (Å²) in [4.78, 5) is 236. The number of hydrogen-bond donors (Lipinski definition) is 12. The molecular weight excluding hydrogens is 2430 g/mol. The summed E-state index contributed by atoms with van der Waals surface area (Å²) >= 11 is 1.95. The standard InChI is InChI=1S/C12H21N2O13P3.2C12H21N2O12P3.C11H18IN2O12P3.C11H19N2O13P3.CH4/c1-6-8(2-7(4-15)12(13)14-6)10-3-9(16)11(25-10)5-24-29(20,21)27-30(22,23)26-28(17,18)19;2*1-6-3-8(7(2)14-12(6)13)10-4-9(15)11(24-10)5-23-28(19,20)26-29(21,22)25-27(16,17)18;1-5-6(2-7(12)11(13)14-5)9-3-8(15)10(24-9)4-23-28(19,20)26-29(21,22)25-27(16,17)18;1-5-6(2-8(15)11(12)13-5)9-3-7(14)10(24-9)4-23-28(19,20)26-29(21,22)25-27(16,17)18;/h2,8-11,15-16H,1,3-5H2,(H2,13,14)(H,20,21)(H,22,23)(H2,17,18,19);2*3,8-11,15H,2,4-5H2,1H3,(H2,13,14)(H,19,20)(H,21,22)(H2,16,17,18);2,6,8-10,15H,1,3-4H2,(H2,13,14)(H,19,20)(H,21,22)(H2,16,17,18);2,6-7,9-10,14-15H,1,3-4H2,(H2,12,13)(H,19,20)(H,21,22)(H2,16,17,18);1H4/p-20. The van der Waals surface area contributed by atoms with Gasteiger partial charge in [0.15, 0.2) is 11.6 Å². The molecule has 0 radical (unpaired) electrons. The third kappa shape index (κ3) is 45.8. The summed E-state index contributed by atoms with van der Waals surface area (Å²) in [5.74, 6) is -2.28. The van der Waals surface area contributed by atoms with E-state index in [4.69, 9.17) is 52.4 Å². The molecule has 0 saturated carbocycles. The number of nitrogens with zero attached hydrogens (tertiary/aromatic N) is 5. The molecule has 10 heterocycles. The van der Waals surface area contributed by atoms with Crippen molar-refractivity contribution in [3.63, 3.8) is 0 Å². The second kappa shape index (κ2) is 53.0. The average Bonchev–Trinajstić information content (AvgIpc) is 1.69. The highest BCUT2D eigenvalue weighted by molar-refractivity contribution is 14.1. The van der Waals surface area contributed by atoms with Gasteiger partial charge in [-0.3, -0.25) is 67.2 Å². The third-order valence-electron chi connectivity index (χ3n) is 19.2. The Bertz CT molecular complexity index is 5430. The van der Waals surface area contributed by atoms with Gasteiger partial charge in [-0.25, -0.2) is 46.5 Å². The molecule has 30 atom stereocenters. The van der Waals surface area contributed by atoms with E-state index in [0.717, 1.165) is 0 Å². The molecular formula is C59H84IN10O62P15-20. The number of aliphatic hydroxyl groups is 7. The van der Waals surface area contributed by atoms with Crippen molar-refractivity contribution >= 4 is 169 Å². The number of nitrogens with two attached hydrogens (primary N) is 5. The summed E-state index contributed by atoms with van der Waals surface area (Å²) in [6.45, 7) is 17.2. The maximum Gasteiger partial charge on any atom is 0.278 e. The third-order valence-corrected chi connectivity index (χ3v) is 38.5. The fourth-order valence-electron chi connectivity index (χ4n) is 13.2. The Labute approximate surface area is 841 Å². The molecule has 72 nitrogen and oxygen atoms in total. The van der Waals surface area contributed by atoms with Crippen LogP contribution in [0.2, 0.25) is 0 Å². The van der Waals surface area contributed by atoms with Crippen LogP contribution in [0.25, 0.3) is 0 Å². The Morgan fingerprint density at radius 1 is 0.313 bits per heavy atom. The first-order chi connectivity index (χ1) is 66.0. The molecule has 30 unspecified atom stereocenters. The fraction of sp³-hybridized carbons (Fsp3) is 0.576. The topological polar surface area (TPSA) is 1240 Å². The molecule has 17 N–H and O–H groups in total. The van der Waals surface area contributed by atoms with Crippen molar-refractivity contribution in [3.05, 3.63) is 118 Å². The molecule has 0 bridgehead atoms. The molecule has 147 heavy (non-hydrogen) atoms. The minimum atomic E-state index is -6.10. The van der Waals surface area contributed by atoms with Gasteiger partial charge < -0.3 is 231 Å². The highest BCUT2D eigenvalue weighted by atomic mass is 127. The second-order valence-corrected chi connectivity index (χ2v) is 52.7. The van der Waals surface area contributed by atoms with Gasteiger partial charge in [0.25, 0.3) is 78.2 Å². The molecule has 10 aliphatic heterocycles. The number of halogens is 1. The van der Waals surface area contributed by atoms with E-state index in [1.807, 2.05) is 22.6 Å². The van der Waals surface area contributed by atoms with E-state index < -0.39 is 278 Å². The number of phosphoric ester groups is 5. The number of phosphoric acid groups is 15. The van der Waals surface area contributed by atoms with Crippen LogP contribution in [0.1, 0.15) is 53.4 Å². The lowest BCUT2D eigenvalue weighted by Crippen LogP contribution is -2.30. The van der Waals surface area contributed by atoms with Gasteiger partial charge in [-0.15, -0.1) is 0 Å². The first kappa shape index (κ1) is 134. The summed E-state index contributed by atoms with van der Waals surface area (Å²) in [6, 6.07) is 0. The van der Waals surface area contributed by atoms with Gasteiger partial charge in [-0.05, 0) is 53.7 Å². The molecule has 10 rings (SSSR count).